The van der Waals surface area contributed by atoms with E-state index in [2.05, 4.69) is 97.1 Å². The molecule has 2 aromatic carbocycles. The quantitative estimate of drug-likeness (QED) is 0.145. The van der Waals surface area contributed by atoms with Gasteiger partial charge in [-0.25, -0.2) is 4.39 Å². The lowest BCUT2D eigenvalue weighted by atomic mass is 9.83. The van der Waals surface area contributed by atoms with Gasteiger partial charge in [-0.2, -0.15) is 0 Å². The van der Waals surface area contributed by atoms with Crippen LogP contribution >= 0.6 is 0 Å². The highest BCUT2D eigenvalue weighted by Gasteiger charge is 2.32. The molecule has 0 amide bonds. The lowest BCUT2D eigenvalue weighted by Crippen LogP contribution is -2.46. The first-order chi connectivity index (χ1) is 25.7. The molecule has 3 unspecified atom stereocenters. The number of alkyl halides is 1. The standard InChI is InChI=1S/C41H59FN2.C3H6.3C2H6/c1-6-11-33(17-18-34-12-8-7-9-13-34)14-10-28-44-29-27-36(31-39(44)25-26-40(43-5)41(3,4)42)30-35-19-23-38(24-20-35)37-21-15-32(2)16-22-37;1-3-2;3*1-2/h6,10-11,14-16,19-24,34,36,39-40,43H,1,7-9,12-13,17-18,25-31H2,2-5H3;3H,1H2,2H3;3*1-2H3/b14-10-,33-11+;;;;. The minimum Gasteiger partial charge on any atom is -0.314 e. The van der Waals surface area contributed by atoms with Gasteiger partial charge in [-0.3, -0.25) is 4.90 Å². The molecular formula is C50H83FN2. The van der Waals surface area contributed by atoms with Crippen LogP contribution in [0.5, 0.6) is 0 Å². The van der Waals surface area contributed by atoms with Crippen molar-refractivity contribution in [1.82, 2.24) is 10.2 Å². The fourth-order valence-corrected chi connectivity index (χ4v) is 7.57. The SMILES string of the molecule is C=C/C=C(\C=C/CN1CCC(Cc2ccc(-c3ccc(C)cc3)cc2)CC1CCC(NC)C(C)(C)F)CCC1CCCCC1.C=CC.CC.CC.CC. The Bertz CT molecular complexity index is 1230. The zero-order valence-corrected chi connectivity index (χ0v) is 36.5. The molecule has 0 spiro atoms. The van der Waals surface area contributed by atoms with Crippen molar-refractivity contribution in [2.45, 2.75) is 164 Å². The number of hydrogen-bond donors (Lipinski definition) is 1. The number of likely N-dealkylation sites (tertiary alicyclic amines) is 1. The number of nitrogens with one attached hydrogen (secondary N) is 1. The van der Waals surface area contributed by atoms with Crippen LogP contribution in [0.25, 0.3) is 11.1 Å². The lowest BCUT2D eigenvalue weighted by molar-refractivity contribution is 0.0970. The molecule has 0 bridgehead atoms. The van der Waals surface area contributed by atoms with Gasteiger partial charge in [0.2, 0.25) is 0 Å². The summed E-state index contributed by atoms with van der Waals surface area (Å²) < 4.78 is 14.9. The van der Waals surface area contributed by atoms with Crippen molar-refractivity contribution in [3.05, 3.63) is 109 Å². The molecule has 1 saturated carbocycles. The molecule has 300 valence electrons. The molecule has 2 aliphatic rings. The van der Waals surface area contributed by atoms with Crippen LogP contribution < -0.4 is 5.32 Å². The van der Waals surface area contributed by atoms with Gasteiger partial charge in [0.1, 0.15) is 5.67 Å². The second-order valence-corrected chi connectivity index (χ2v) is 14.6. The van der Waals surface area contributed by atoms with Crippen LogP contribution in [0.4, 0.5) is 4.39 Å². The maximum absolute atomic E-state index is 14.9. The van der Waals surface area contributed by atoms with Gasteiger partial charge in [-0.05, 0) is 120 Å². The molecule has 1 heterocycles. The Morgan fingerprint density at radius 2 is 1.43 bits per heavy atom. The molecule has 4 rings (SSSR count). The van der Waals surface area contributed by atoms with Crippen LogP contribution in [0.2, 0.25) is 0 Å². The second kappa shape index (κ2) is 30.6. The zero-order valence-electron chi connectivity index (χ0n) is 36.5. The van der Waals surface area contributed by atoms with Crippen LogP contribution in [0.15, 0.2) is 97.6 Å². The molecule has 1 saturated heterocycles. The van der Waals surface area contributed by atoms with E-state index in [1.54, 1.807) is 19.9 Å². The largest absolute Gasteiger partial charge is 0.314 e. The highest BCUT2D eigenvalue weighted by Crippen LogP contribution is 2.32. The molecule has 3 atom stereocenters. The molecule has 2 fully saturated rings. The van der Waals surface area contributed by atoms with Crippen molar-refractivity contribution < 1.29 is 4.39 Å². The van der Waals surface area contributed by atoms with Crippen molar-refractivity contribution in [2.24, 2.45) is 11.8 Å². The van der Waals surface area contributed by atoms with Gasteiger partial charge in [0.15, 0.2) is 0 Å². The fourth-order valence-electron chi connectivity index (χ4n) is 7.57. The van der Waals surface area contributed by atoms with Crippen molar-refractivity contribution in [2.75, 3.05) is 20.1 Å². The monoisotopic (exact) mass is 731 g/mol. The first kappa shape index (κ1) is 50.2. The average molecular weight is 731 g/mol. The number of halogens is 1. The summed E-state index contributed by atoms with van der Waals surface area (Å²) in [7, 11) is 1.90. The van der Waals surface area contributed by atoms with Gasteiger partial charge < -0.3 is 5.32 Å². The van der Waals surface area contributed by atoms with E-state index in [4.69, 9.17) is 0 Å². The number of benzene rings is 2. The minimum absolute atomic E-state index is 0.128. The molecule has 2 nitrogen and oxygen atoms in total. The highest BCUT2D eigenvalue weighted by molar-refractivity contribution is 5.63. The summed E-state index contributed by atoms with van der Waals surface area (Å²) in [6, 6.07) is 18.3. The number of nitrogens with zero attached hydrogens (tertiary/aromatic N) is 1. The number of allylic oxidation sites excluding steroid dienone is 5. The third kappa shape index (κ3) is 20.5. The van der Waals surface area contributed by atoms with Gasteiger partial charge in [0.05, 0.1) is 0 Å². The molecule has 0 radical (unpaired) electrons. The topological polar surface area (TPSA) is 15.3 Å². The first-order valence-corrected chi connectivity index (χ1v) is 21.5. The maximum Gasteiger partial charge on any atom is 0.120 e. The molecule has 1 N–H and O–H groups in total. The van der Waals surface area contributed by atoms with Crippen LogP contribution in [0.1, 0.15) is 144 Å². The summed E-state index contributed by atoms with van der Waals surface area (Å²) in [4.78, 5) is 2.66. The van der Waals surface area contributed by atoms with Gasteiger partial charge in [-0.15, -0.1) is 6.58 Å². The predicted octanol–water partition coefficient (Wildman–Crippen LogP) is 14.7. The molecule has 1 aliphatic carbocycles. The Morgan fingerprint density at radius 3 is 1.96 bits per heavy atom. The first-order valence-electron chi connectivity index (χ1n) is 21.5. The normalized spacial score (nSPS) is 18.5. The number of piperidine rings is 1. The number of rotatable bonds is 15. The van der Waals surface area contributed by atoms with Crippen LogP contribution in [-0.4, -0.2) is 42.8 Å². The van der Waals surface area contributed by atoms with Crippen molar-refractivity contribution in [3.63, 3.8) is 0 Å². The van der Waals surface area contributed by atoms with Crippen LogP contribution in [0, 0.1) is 18.8 Å². The average Bonchev–Trinajstić information content (AvgIpc) is 3.18. The fraction of sp³-hybridized carbons (Fsp3) is 0.600. The summed E-state index contributed by atoms with van der Waals surface area (Å²) in [5.41, 5.74) is 5.45. The van der Waals surface area contributed by atoms with E-state index in [0.29, 0.717) is 12.0 Å². The van der Waals surface area contributed by atoms with E-state index in [0.717, 1.165) is 44.7 Å². The van der Waals surface area contributed by atoms with Gasteiger partial charge in [0.25, 0.3) is 0 Å². The summed E-state index contributed by atoms with van der Waals surface area (Å²) in [5.74, 6) is 1.55. The molecule has 3 heteroatoms. The Balaban J connectivity index is 0.00000277. The van der Waals surface area contributed by atoms with Gasteiger partial charge >= 0.3 is 0 Å². The number of aryl methyl sites for hydroxylation is 1. The van der Waals surface area contributed by atoms with Crippen molar-refractivity contribution >= 4 is 0 Å². The molecular weight excluding hydrogens is 648 g/mol. The summed E-state index contributed by atoms with van der Waals surface area (Å²) >= 11 is 0. The van der Waals surface area contributed by atoms with Crippen LogP contribution in [-0.2, 0) is 6.42 Å². The lowest BCUT2D eigenvalue weighted by Gasteiger charge is -2.40. The van der Waals surface area contributed by atoms with Gasteiger partial charge in [0, 0.05) is 18.6 Å². The molecule has 1 aliphatic heterocycles. The van der Waals surface area contributed by atoms with Crippen molar-refractivity contribution in [1.29, 1.82) is 0 Å². The van der Waals surface area contributed by atoms with E-state index in [9.17, 15) is 4.39 Å². The molecule has 2 aromatic rings. The highest BCUT2D eigenvalue weighted by atomic mass is 19.1. The summed E-state index contributed by atoms with van der Waals surface area (Å²) in [5, 5.41) is 3.26. The molecule has 0 aromatic heterocycles. The summed E-state index contributed by atoms with van der Waals surface area (Å²) in [6.07, 6.45) is 25.5. The van der Waals surface area contributed by atoms with E-state index in [1.807, 2.05) is 61.6 Å². The Hall–Kier alpha value is -2.75. The van der Waals surface area contributed by atoms with Crippen molar-refractivity contribution in [3.8, 4) is 11.1 Å². The zero-order chi connectivity index (χ0) is 40.1. The Kier molecular flexibility index (Phi) is 29.0. The molecule has 53 heavy (non-hydrogen) atoms. The second-order valence-electron chi connectivity index (χ2n) is 14.6. The number of hydrogen-bond acceptors (Lipinski definition) is 2. The Labute approximate surface area is 329 Å². The minimum atomic E-state index is -1.23. The maximum atomic E-state index is 14.9. The predicted molar refractivity (Wildman–Crippen MR) is 239 cm³/mol. The third-order valence-electron chi connectivity index (χ3n) is 10.3. The van der Waals surface area contributed by atoms with Gasteiger partial charge in [-0.1, -0.05) is 165 Å². The van der Waals surface area contributed by atoms with E-state index < -0.39 is 5.67 Å². The van der Waals surface area contributed by atoms with E-state index in [-0.39, 0.29) is 6.04 Å². The van der Waals surface area contributed by atoms with E-state index in [1.165, 1.54) is 79.2 Å². The third-order valence-corrected chi connectivity index (χ3v) is 10.3. The smallest absolute Gasteiger partial charge is 0.120 e. The Morgan fingerprint density at radius 1 is 0.868 bits per heavy atom. The van der Waals surface area contributed by atoms with E-state index >= 15 is 0 Å². The van der Waals surface area contributed by atoms with Crippen LogP contribution in [0.3, 0.4) is 0 Å². The summed E-state index contributed by atoms with van der Waals surface area (Å²) in [6.45, 7) is 28.8.